The molecule has 6 heteroatoms. The summed E-state index contributed by atoms with van der Waals surface area (Å²) >= 11 is 0. The average molecular weight is 284 g/mol. The molecular formula is C14H24N2O4. The Kier molecular flexibility index (Phi) is 5.37. The summed E-state index contributed by atoms with van der Waals surface area (Å²) in [7, 11) is 0. The average Bonchev–Trinajstić information content (AvgIpc) is 2.73. The van der Waals surface area contributed by atoms with Crippen molar-refractivity contribution in [2.24, 2.45) is 5.92 Å². The monoisotopic (exact) mass is 284 g/mol. The minimum Gasteiger partial charge on any atom is -0.480 e. The number of amides is 1. The molecule has 2 fully saturated rings. The van der Waals surface area contributed by atoms with E-state index in [1.165, 1.54) is 0 Å². The molecule has 0 aromatic rings. The molecule has 2 aliphatic heterocycles. The first kappa shape index (κ1) is 15.3. The Bertz CT molecular complexity index is 361. The van der Waals surface area contributed by atoms with Crippen LogP contribution in [0, 0.1) is 5.92 Å². The van der Waals surface area contributed by atoms with Crippen molar-refractivity contribution in [3.63, 3.8) is 0 Å². The fraction of sp³-hybridized carbons (Fsp3) is 0.857. The summed E-state index contributed by atoms with van der Waals surface area (Å²) in [5, 5.41) is 12.6. The molecule has 0 aromatic heterocycles. The molecule has 0 radical (unpaired) electrons. The highest BCUT2D eigenvalue weighted by molar-refractivity contribution is 5.86. The zero-order chi connectivity index (χ0) is 14.5. The molecule has 3 atom stereocenters. The maximum atomic E-state index is 12.7. The third kappa shape index (κ3) is 3.30. The van der Waals surface area contributed by atoms with Crippen molar-refractivity contribution in [2.75, 3.05) is 26.3 Å². The molecule has 1 amide bonds. The lowest BCUT2D eigenvalue weighted by Crippen LogP contribution is -2.51. The van der Waals surface area contributed by atoms with Crippen LogP contribution in [0.2, 0.25) is 0 Å². The first-order valence-corrected chi connectivity index (χ1v) is 7.49. The van der Waals surface area contributed by atoms with Crippen molar-refractivity contribution in [3.05, 3.63) is 0 Å². The number of aliphatic carboxylic acids is 1. The maximum absolute atomic E-state index is 12.7. The van der Waals surface area contributed by atoms with E-state index in [-0.39, 0.29) is 17.9 Å². The quantitative estimate of drug-likeness (QED) is 0.784. The van der Waals surface area contributed by atoms with E-state index in [0.717, 1.165) is 25.8 Å². The van der Waals surface area contributed by atoms with E-state index < -0.39 is 12.0 Å². The molecule has 0 saturated carbocycles. The van der Waals surface area contributed by atoms with Crippen LogP contribution in [0.1, 0.15) is 32.6 Å². The van der Waals surface area contributed by atoms with Crippen molar-refractivity contribution >= 4 is 11.9 Å². The van der Waals surface area contributed by atoms with Crippen molar-refractivity contribution in [3.8, 4) is 0 Å². The van der Waals surface area contributed by atoms with E-state index in [0.29, 0.717) is 26.2 Å². The number of rotatable bonds is 4. The smallest absolute Gasteiger partial charge is 0.326 e. The Morgan fingerprint density at radius 3 is 2.80 bits per heavy atom. The summed E-state index contributed by atoms with van der Waals surface area (Å²) in [5.74, 6) is -1.21. The van der Waals surface area contributed by atoms with Crippen LogP contribution < -0.4 is 5.32 Å². The first-order valence-electron chi connectivity index (χ1n) is 7.49. The number of carbonyl (C=O) groups is 2. The van der Waals surface area contributed by atoms with Crippen LogP contribution in [0.25, 0.3) is 0 Å². The fourth-order valence-electron chi connectivity index (χ4n) is 3.10. The van der Waals surface area contributed by atoms with E-state index in [1.54, 1.807) is 4.90 Å². The van der Waals surface area contributed by atoms with Crippen molar-refractivity contribution in [1.82, 2.24) is 10.2 Å². The number of nitrogens with one attached hydrogen (secondary N) is 1. The second kappa shape index (κ2) is 7.04. The number of carboxylic acids is 1. The van der Waals surface area contributed by atoms with Gasteiger partial charge in [-0.3, -0.25) is 4.79 Å². The molecule has 20 heavy (non-hydrogen) atoms. The van der Waals surface area contributed by atoms with Crippen LogP contribution in [0.5, 0.6) is 0 Å². The van der Waals surface area contributed by atoms with Gasteiger partial charge in [0.25, 0.3) is 0 Å². The molecule has 0 spiro atoms. The van der Waals surface area contributed by atoms with Gasteiger partial charge >= 0.3 is 5.97 Å². The number of nitrogens with zero attached hydrogens (tertiary/aromatic N) is 1. The van der Waals surface area contributed by atoms with E-state index in [9.17, 15) is 14.7 Å². The molecule has 2 aliphatic rings. The number of ether oxygens (including phenoxy) is 1. The summed E-state index contributed by atoms with van der Waals surface area (Å²) in [6.07, 6.45) is 3.30. The summed E-state index contributed by atoms with van der Waals surface area (Å²) < 4.78 is 5.40. The van der Waals surface area contributed by atoms with Gasteiger partial charge in [0.15, 0.2) is 0 Å². The highest BCUT2D eigenvalue weighted by atomic mass is 16.5. The number of hydrogen-bond donors (Lipinski definition) is 2. The zero-order valence-electron chi connectivity index (χ0n) is 12.0. The molecule has 0 aromatic carbocycles. The van der Waals surface area contributed by atoms with Gasteiger partial charge in [0, 0.05) is 12.6 Å². The van der Waals surface area contributed by atoms with E-state index in [4.69, 9.17) is 4.74 Å². The number of likely N-dealkylation sites (tertiary alicyclic amines) is 1. The normalized spacial score (nSPS) is 31.1. The van der Waals surface area contributed by atoms with Gasteiger partial charge in [0.2, 0.25) is 5.91 Å². The van der Waals surface area contributed by atoms with Crippen molar-refractivity contribution in [1.29, 1.82) is 0 Å². The van der Waals surface area contributed by atoms with E-state index in [1.807, 2.05) is 6.92 Å². The van der Waals surface area contributed by atoms with Gasteiger partial charge in [-0.25, -0.2) is 4.79 Å². The zero-order valence-corrected chi connectivity index (χ0v) is 12.0. The minimum absolute atomic E-state index is 0.00481. The summed E-state index contributed by atoms with van der Waals surface area (Å²) in [6, 6.07) is -0.668. The van der Waals surface area contributed by atoms with E-state index in [2.05, 4.69) is 5.32 Å². The Labute approximate surface area is 119 Å². The van der Waals surface area contributed by atoms with Crippen LogP contribution in [-0.2, 0) is 14.3 Å². The molecule has 2 N–H and O–H groups in total. The third-order valence-corrected chi connectivity index (χ3v) is 4.18. The van der Waals surface area contributed by atoms with Gasteiger partial charge in [0.05, 0.1) is 19.1 Å². The van der Waals surface area contributed by atoms with Crippen LogP contribution in [0.4, 0.5) is 0 Å². The summed E-state index contributed by atoms with van der Waals surface area (Å²) in [4.78, 5) is 25.7. The number of hydrogen-bond acceptors (Lipinski definition) is 4. The largest absolute Gasteiger partial charge is 0.480 e. The van der Waals surface area contributed by atoms with Gasteiger partial charge in [0.1, 0.15) is 6.04 Å². The van der Waals surface area contributed by atoms with Crippen molar-refractivity contribution < 1.29 is 19.4 Å². The molecule has 2 saturated heterocycles. The van der Waals surface area contributed by atoms with Crippen LogP contribution in [0.15, 0.2) is 0 Å². The van der Waals surface area contributed by atoms with Gasteiger partial charge in [-0.2, -0.15) is 0 Å². The molecule has 0 bridgehead atoms. The SMILES string of the molecule is CCNC1COCC1C(=O)N1CCCCCC1C(=O)O. The molecule has 3 unspecified atom stereocenters. The third-order valence-electron chi connectivity index (χ3n) is 4.18. The lowest BCUT2D eigenvalue weighted by molar-refractivity contribution is -0.152. The Morgan fingerprint density at radius 2 is 2.10 bits per heavy atom. The minimum atomic E-state index is -0.890. The molecular weight excluding hydrogens is 260 g/mol. The topological polar surface area (TPSA) is 78.9 Å². The van der Waals surface area contributed by atoms with Gasteiger partial charge < -0.3 is 20.1 Å². The Hall–Kier alpha value is -1.14. The van der Waals surface area contributed by atoms with Crippen LogP contribution in [-0.4, -0.2) is 60.3 Å². The standard InChI is InChI=1S/C14H24N2O4/c1-2-15-11-9-20-8-10(11)13(17)16-7-5-3-4-6-12(16)14(18)19/h10-12,15H,2-9H2,1H3,(H,18,19). The van der Waals surface area contributed by atoms with Gasteiger partial charge in [-0.05, 0) is 19.4 Å². The highest BCUT2D eigenvalue weighted by Crippen LogP contribution is 2.23. The lowest BCUT2D eigenvalue weighted by Gasteiger charge is -2.30. The van der Waals surface area contributed by atoms with Crippen LogP contribution in [0.3, 0.4) is 0 Å². The second-order valence-electron chi connectivity index (χ2n) is 5.54. The predicted molar refractivity (Wildman–Crippen MR) is 73.4 cm³/mol. The van der Waals surface area contributed by atoms with Gasteiger partial charge in [-0.15, -0.1) is 0 Å². The fourth-order valence-corrected chi connectivity index (χ4v) is 3.10. The van der Waals surface area contributed by atoms with Gasteiger partial charge in [-0.1, -0.05) is 19.8 Å². The Balaban J connectivity index is 2.09. The summed E-state index contributed by atoms with van der Waals surface area (Å²) in [6.45, 7) is 4.23. The molecule has 114 valence electrons. The van der Waals surface area contributed by atoms with E-state index >= 15 is 0 Å². The Morgan fingerprint density at radius 1 is 1.30 bits per heavy atom. The second-order valence-corrected chi connectivity index (χ2v) is 5.54. The maximum Gasteiger partial charge on any atom is 0.326 e. The first-order chi connectivity index (χ1) is 9.65. The molecule has 2 heterocycles. The summed E-state index contributed by atoms with van der Waals surface area (Å²) in [5.41, 5.74) is 0. The van der Waals surface area contributed by atoms with Crippen LogP contribution >= 0.6 is 0 Å². The van der Waals surface area contributed by atoms with Crippen molar-refractivity contribution in [2.45, 2.75) is 44.7 Å². The molecule has 6 nitrogen and oxygen atoms in total. The predicted octanol–water partition coefficient (Wildman–Crippen LogP) is 0.467. The molecule has 2 rings (SSSR count). The number of carbonyl (C=O) groups excluding carboxylic acids is 1. The highest BCUT2D eigenvalue weighted by Gasteiger charge is 2.40. The number of carboxylic acid groups (broad SMARTS) is 1. The molecule has 0 aliphatic carbocycles. The number of likely N-dealkylation sites (N-methyl/N-ethyl adjacent to an activating group) is 1. The lowest BCUT2D eigenvalue weighted by atomic mass is 10.00.